The Morgan fingerprint density at radius 2 is 1.91 bits per heavy atom. The lowest BCUT2D eigenvalue weighted by molar-refractivity contribution is 0.0948. The first kappa shape index (κ1) is 17.9. The molecule has 0 radical (unpaired) electrons. The first-order valence-corrected chi connectivity index (χ1v) is 9.34. The van der Waals surface area contributed by atoms with Crippen molar-refractivity contribution in [1.82, 2.24) is 9.62 Å². The second-order valence-electron chi connectivity index (χ2n) is 6.21. The number of hydrogen-bond acceptors (Lipinski definition) is 3. The minimum Gasteiger partial charge on any atom is -0.352 e. The molecule has 128 valence electrons. The topological polar surface area (TPSA) is 66.5 Å². The van der Waals surface area contributed by atoms with Crippen LogP contribution in [-0.4, -0.2) is 38.3 Å². The molecule has 1 amide bonds. The largest absolute Gasteiger partial charge is 0.352 e. The minimum absolute atomic E-state index is 0.155. The average Bonchev–Trinajstić information content (AvgIpc) is 2.53. The number of nitrogens with one attached hydrogen (secondary N) is 1. The Kier molecular flexibility index (Phi) is 5.75. The fourth-order valence-corrected chi connectivity index (χ4v) is 4.09. The van der Waals surface area contributed by atoms with Gasteiger partial charge in [0.25, 0.3) is 5.91 Å². The molecule has 1 heterocycles. The number of benzene rings is 1. The van der Waals surface area contributed by atoms with E-state index in [4.69, 9.17) is 0 Å². The molecule has 1 fully saturated rings. The predicted molar refractivity (Wildman–Crippen MR) is 86.2 cm³/mol. The van der Waals surface area contributed by atoms with Crippen molar-refractivity contribution < 1.29 is 17.6 Å². The van der Waals surface area contributed by atoms with E-state index < -0.39 is 26.6 Å². The Labute approximate surface area is 136 Å². The quantitative estimate of drug-likeness (QED) is 0.893. The lowest BCUT2D eigenvalue weighted by Crippen LogP contribution is -2.36. The standard InChI is InChI=1S/C16H23FN2O3S/c1-12(2)11-18-16(20)13-6-7-14(17)15(10-13)23(21,22)19-8-4-3-5-9-19/h6-7,10,12H,3-5,8-9,11H2,1-2H3,(H,18,20). The Balaban J connectivity index is 2.28. The van der Waals surface area contributed by atoms with Crippen molar-refractivity contribution in [2.75, 3.05) is 19.6 Å². The zero-order valence-electron chi connectivity index (χ0n) is 13.5. The molecule has 23 heavy (non-hydrogen) atoms. The van der Waals surface area contributed by atoms with Crippen molar-refractivity contribution in [3.8, 4) is 0 Å². The molecule has 1 aliphatic heterocycles. The van der Waals surface area contributed by atoms with Crippen LogP contribution in [0.5, 0.6) is 0 Å². The van der Waals surface area contributed by atoms with Crippen LogP contribution < -0.4 is 5.32 Å². The number of amides is 1. The smallest absolute Gasteiger partial charge is 0.251 e. The minimum atomic E-state index is -3.90. The molecular weight excluding hydrogens is 319 g/mol. The van der Waals surface area contributed by atoms with Gasteiger partial charge in [-0.25, -0.2) is 12.8 Å². The zero-order valence-corrected chi connectivity index (χ0v) is 14.3. The number of carbonyl (C=O) groups excluding carboxylic acids is 1. The molecule has 1 N–H and O–H groups in total. The van der Waals surface area contributed by atoms with Crippen molar-refractivity contribution in [3.05, 3.63) is 29.6 Å². The van der Waals surface area contributed by atoms with E-state index in [9.17, 15) is 17.6 Å². The molecule has 0 atom stereocenters. The predicted octanol–water partition coefficient (Wildman–Crippen LogP) is 2.39. The summed E-state index contributed by atoms with van der Waals surface area (Å²) in [5.74, 6) is -0.944. The maximum Gasteiger partial charge on any atom is 0.251 e. The second kappa shape index (κ2) is 7.40. The summed E-state index contributed by atoms with van der Waals surface area (Å²) in [7, 11) is -3.90. The van der Waals surface area contributed by atoms with Gasteiger partial charge in [0.2, 0.25) is 10.0 Å². The van der Waals surface area contributed by atoms with Gasteiger partial charge in [-0.2, -0.15) is 4.31 Å². The van der Waals surface area contributed by atoms with Crippen molar-refractivity contribution in [2.24, 2.45) is 5.92 Å². The Morgan fingerprint density at radius 3 is 2.52 bits per heavy atom. The van der Waals surface area contributed by atoms with Crippen molar-refractivity contribution in [2.45, 2.75) is 38.0 Å². The molecule has 1 saturated heterocycles. The Morgan fingerprint density at radius 1 is 1.26 bits per heavy atom. The molecule has 1 aromatic rings. The van der Waals surface area contributed by atoms with Crippen LogP contribution >= 0.6 is 0 Å². The van der Waals surface area contributed by atoms with Gasteiger partial charge in [0, 0.05) is 25.2 Å². The molecule has 0 aromatic heterocycles. The summed E-state index contributed by atoms with van der Waals surface area (Å²) >= 11 is 0. The van der Waals surface area contributed by atoms with Gasteiger partial charge in [0.05, 0.1) is 0 Å². The average molecular weight is 342 g/mol. The van der Waals surface area contributed by atoms with Gasteiger partial charge < -0.3 is 5.32 Å². The summed E-state index contributed by atoms with van der Waals surface area (Å²) in [6, 6.07) is 3.48. The molecule has 0 bridgehead atoms. The van der Waals surface area contributed by atoms with E-state index in [1.807, 2.05) is 13.8 Å². The van der Waals surface area contributed by atoms with E-state index >= 15 is 0 Å². The van der Waals surface area contributed by atoms with Gasteiger partial charge in [-0.1, -0.05) is 20.3 Å². The Hall–Kier alpha value is -1.47. The number of sulfonamides is 1. The maximum absolute atomic E-state index is 14.1. The lowest BCUT2D eigenvalue weighted by atomic mass is 10.2. The molecular formula is C16H23FN2O3S. The molecule has 1 aromatic carbocycles. The van der Waals surface area contributed by atoms with Crippen LogP contribution in [0, 0.1) is 11.7 Å². The van der Waals surface area contributed by atoms with E-state index in [1.54, 1.807) is 0 Å². The number of halogens is 1. The van der Waals surface area contributed by atoms with Crippen LogP contribution in [0.1, 0.15) is 43.5 Å². The van der Waals surface area contributed by atoms with Gasteiger partial charge in [-0.3, -0.25) is 4.79 Å². The Bertz CT molecular complexity index is 668. The summed E-state index contributed by atoms with van der Waals surface area (Å²) in [6.45, 7) is 5.18. The molecule has 0 saturated carbocycles. The highest BCUT2D eigenvalue weighted by Gasteiger charge is 2.29. The molecule has 1 aliphatic rings. The maximum atomic E-state index is 14.1. The van der Waals surface area contributed by atoms with Crippen LogP contribution in [0.2, 0.25) is 0 Å². The fraction of sp³-hybridized carbons (Fsp3) is 0.562. The van der Waals surface area contributed by atoms with E-state index in [0.29, 0.717) is 19.6 Å². The first-order valence-electron chi connectivity index (χ1n) is 7.90. The molecule has 7 heteroatoms. The van der Waals surface area contributed by atoms with Crippen LogP contribution in [0.4, 0.5) is 4.39 Å². The van der Waals surface area contributed by atoms with Crippen molar-refractivity contribution >= 4 is 15.9 Å². The number of nitrogens with zero attached hydrogens (tertiary/aromatic N) is 1. The molecule has 0 aliphatic carbocycles. The lowest BCUT2D eigenvalue weighted by Gasteiger charge is -2.26. The monoisotopic (exact) mass is 342 g/mol. The molecule has 0 spiro atoms. The molecule has 5 nitrogen and oxygen atoms in total. The summed E-state index contributed by atoms with van der Waals surface area (Å²) < 4.78 is 40.6. The second-order valence-corrected chi connectivity index (χ2v) is 8.12. The van der Waals surface area contributed by atoms with Gasteiger partial charge in [-0.15, -0.1) is 0 Å². The highest BCUT2D eigenvalue weighted by atomic mass is 32.2. The van der Waals surface area contributed by atoms with Crippen LogP contribution in [-0.2, 0) is 10.0 Å². The van der Waals surface area contributed by atoms with Crippen molar-refractivity contribution in [3.63, 3.8) is 0 Å². The number of carbonyl (C=O) groups is 1. The van der Waals surface area contributed by atoms with Crippen LogP contribution in [0.3, 0.4) is 0 Å². The number of piperidine rings is 1. The third kappa shape index (κ3) is 4.29. The van der Waals surface area contributed by atoms with Crippen molar-refractivity contribution in [1.29, 1.82) is 0 Å². The van der Waals surface area contributed by atoms with Gasteiger partial charge in [0.15, 0.2) is 0 Å². The summed E-state index contributed by atoms with van der Waals surface area (Å²) in [4.78, 5) is 11.7. The van der Waals surface area contributed by atoms with Crippen LogP contribution in [0.15, 0.2) is 23.1 Å². The molecule has 2 rings (SSSR count). The highest BCUT2D eigenvalue weighted by molar-refractivity contribution is 7.89. The summed E-state index contributed by atoms with van der Waals surface area (Å²) in [5, 5.41) is 2.71. The fourth-order valence-electron chi connectivity index (χ4n) is 2.49. The van der Waals surface area contributed by atoms with E-state index in [1.165, 1.54) is 10.4 Å². The van der Waals surface area contributed by atoms with E-state index in [0.717, 1.165) is 31.4 Å². The third-order valence-electron chi connectivity index (χ3n) is 3.80. The van der Waals surface area contributed by atoms with Crippen LogP contribution in [0.25, 0.3) is 0 Å². The molecule has 0 unspecified atom stereocenters. The summed E-state index contributed by atoms with van der Waals surface area (Å²) in [5.41, 5.74) is 0.155. The normalized spacial score (nSPS) is 16.5. The van der Waals surface area contributed by atoms with Gasteiger partial charge >= 0.3 is 0 Å². The zero-order chi connectivity index (χ0) is 17.0. The highest BCUT2D eigenvalue weighted by Crippen LogP contribution is 2.24. The SMILES string of the molecule is CC(C)CNC(=O)c1ccc(F)c(S(=O)(=O)N2CCCCC2)c1. The third-order valence-corrected chi connectivity index (χ3v) is 5.71. The van der Waals surface area contributed by atoms with E-state index in [-0.39, 0.29) is 11.5 Å². The van der Waals surface area contributed by atoms with E-state index in [2.05, 4.69) is 5.32 Å². The summed E-state index contributed by atoms with van der Waals surface area (Å²) in [6.07, 6.45) is 2.52. The first-order chi connectivity index (χ1) is 10.8. The van der Waals surface area contributed by atoms with Gasteiger partial charge in [0.1, 0.15) is 10.7 Å². The van der Waals surface area contributed by atoms with Gasteiger partial charge in [-0.05, 0) is 37.0 Å². The number of hydrogen-bond donors (Lipinski definition) is 1. The number of rotatable bonds is 5.